The fraction of sp³-hybridized carbons (Fsp3) is 0.417. The summed E-state index contributed by atoms with van der Waals surface area (Å²) in [5.41, 5.74) is 0.425. The van der Waals surface area contributed by atoms with Gasteiger partial charge in [-0.3, -0.25) is 4.79 Å². The number of methoxy groups -OCH3 is 1. The maximum absolute atomic E-state index is 13.4. The number of hydrogen-bond donors (Lipinski definition) is 0. The van der Waals surface area contributed by atoms with Gasteiger partial charge in [0.1, 0.15) is 5.25 Å². The van der Waals surface area contributed by atoms with Gasteiger partial charge >= 0.3 is 0 Å². The van der Waals surface area contributed by atoms with Crippen LogP contribution in [0.25, 0.3) is 0 Å². The maximum Gasteiger partial charge on any atom is 0.165 e. The van der Waals surface area contributed by atoms with Crippen molar-refractivity contribution in [3.63, 3.8) is 0 Å². The molecule has 0 N–H and O–H groups in total. The molecule has 1 unspecified atom stereocenters. The summed E-state index contributed by atoms with van der Waals surface area (Å²) in [5, 5.41) is -1.08. The van der Waals surface area contributed by atoms with Crippen LogP contribution in [0.5, 0.6) is 5.75 Å². The van der Waals surface area contributed by atoms with E-state index in [2.05, 4.69) is 0 Å². The molecule has 100 valence electrons. The predicted octanol–water partition coefficient (Wildman–Crippen LogP) is 1.38. The molecule has 1 aromatic rings. The first kappa shape index (κ1) is 14.6. The monoisotopic (exact) mass is 274 g/mol. The van der Waals surface area contributed by atoms with Gasteiger partial charge in [-0.1, -0.05) is 6.07 Å². The van der Waals surface area contributed by atoms with Crippen molar-refractivity contribution in [2.24, 2.45) is 0 Å². The van der Waals surface area contributed by atoms with Gasteiger partial charge in [0.25, 0.3) is 0 Å². The Morgan fingerprint density at radius 1 is 1.44 bits per heavy atom. The summed E-state index contributed by atoms with van der Waals surface area (Å²) in [6.07, 6.45) is 0.888. The molecule has 0 spiro atoms. The Hall–Kier alpha value is -1.43. The van der Waals surface area contributed by atoms with E-state index in [9.17, 15) is 17.6 Å². The minimum absolute atomic E-state index is 0.0855. The Kier molecular flexibility index (Phi) is 4.45. The van der Waals surface area contributed by atoms with Gasteiger partial charge in [-0.25, -0.2) is 12.8 Å². The van der Waals surface area contributed by atoms with Crippen LogP contribution in [-0.4, -0.2) is 32.8 Å². The van der Waals surface area contributed by atoms with Crippen molar-refractivity contribution in [1.29, 1.82) is 0 Å². The summed E-state index contributed by atoms with van der Waals surface area (Å²) in [4.78, 5) is 11.7. The number of carbonyl (C=O) groups excluding carboxylic acids is 1. The number of ketones is 1. The first-order chi connectivity index (χ1) is 8.25. The lowest BCUT2D eigenvalue weighted by atomic mass is 10.1. The van der Waals surface area contributed by atoms with E-state index in [1.165, 1.54) is 32.2 Å². The number of rotatable bonds is 5. The topological polar surface area (TPSA) is 60.4 Å². The van der Waals surface area contributed by atoms with E-state index in [1.54, 1.807) is 0 Å². The molecule has 0 aromatic heterocycles. The molecular weight excluding hydrogens is 259 g/mol. The van der Waals surface area contributed by atoms with Crippen molar-refractivity contribution in [2.45, 2.75) is 18.6 Å². The molecule has 0 heterocycles. The zero-order chi connectivity index (χ0) is 13.9. The molecule has 0 aliphatic carbocycles. The average molecular weight is 274 g/mol. The fourth-order valence-corrected chi connectivity index (χ4v) is 1.96. The molecule has 18 heavy (non-hydrogen) atoms. The largest absolute Gasteiger partial charge is 0.494 e. The molecule has 0 fully saturated rings. The van der Waals surface area contributed by atoms with Gasteiger partial charge in [0.05, 0.1) is 7.11 Å². The minimum Gasteiger partial charge on any atom is -0.494 e. The third-order valence-electron chi connectivity index (χ3n) is 2.69. The summed E-state index contributed by atoms with van der Waals surface area (Å²) < 4.78 is 40.6. The van der Waals surface area contributed by atoms with E-state index in [4.69, 9.17) is 4.74 Å². The van der Waals surface area contributed by atoms with Crippen molar-refractivity contribution in [3.05, 3.63) is 29.6 Å². The Morgan fingerprint density at radius 2 is 2.06 bits per heavy atom. The highest BCUT2D eigenvalue weighted by Gasteiger charge is 2.23. The molecule has 1 atom stereocenters. The van der Waals surface area contributed by atoms with Crippen LogP contribution >= 0.6 is 0 Å². The SMILES string of the molecule is COc1ccc(CC(=O)C(C)S(C)(=O)=O)cc1F. The van der Waals surface area contributed by atoms with Crippen LogP contribution in [0.1, 0.15) is 12.5 Å². The van der Waals surface area contributed by atoms with Gasteiger partial charge < -0.3 is 4.74 Å². The lowest BCUT2D eigenvalue weighted by Gasteiger charge is -2.09. The zero-order valence-corrected chi connectivity index (χ0v) is 11.3. The number of hydrogen-bond acceptors (Lipinski definition) is 4. The van der Waals surface area contributed by atoms with E-state index in [0.717, 1.165) is 6.26 Å². The summed E-state index contributed by atoms with van der Waals surface area (Å²) in [7, 11) is -2.07. The Labute approximate surface area is 106 Å². The third kappa shape index (κ3) is 3.53. The van der Waals surface area contributed by atoms with E-state index in [0.29, 0.717) is 5.56 Å². The standard InChI is InChI=1S/C12H15FO4S/c1-8(18(3,15)16)11(14)7-9-4-5-12(17-2)10(13)6-9/h4-6,8H,7H2,1-3H3. The van der Waals surface area contributed by atoms with Crippen molar-refractivity contribution < 1.29 is 22.3 Å². The number of carbonyl (C=O) groups is 1. The minimum atomic E-state index is -3.41. The van der Waals surface area contributed by atoms with Crippen molar-refractivity contribution >= 4 is 15.6 Å². The third-order valence-corrected chi connectivity index (χ3v) is 4.24. The number of Topliss-reactive ketones (excluding diaryl/α,β-unsaturated/α-hetero) is 1. The number of sulfone groups is 1. The first-order valence-corrected chi connectivity index (χ1v) is 7.25. The quantitative estimate of drug-likeness (QED) is 0.814. The molecule has 0 radical (unpaired) electrons. The molecule has 0 saturated carbocycles. The maximum atomic E-state index is 13.4. The van der Waals surface area contributed by atoms with Crippen LogP contribution in [0.3, 0.4) is 0 Å². The summed E-state index contributed by atoms with van der Waals surface area (Å²) >= 11 is 0. The number of halogens is 1. The molecule has 0 aliphatic rings. The highest BCUT2D eigenvalue weighted by Crippen LogP contribution is 2.18. The molecule has 1 aromatic carbocycles. The van der Waals surface area contributed by atoms with Crippen molar-refractivity contribution in [3.8, 4) is 5.75 Å². The first-order valence-electron chi connectivity index (χ1n) is 5.29. The summed E-state index contributed by atoms with van der Waals surface area (Å²) in [5.74, 6) is -0.945. The molecule has 6 heteroatoms. The van der Waals surface area contributed by atoms with E-state index >= 15 is 0 Å². The van der Waals surface area contributed by atoms with Crippen LogP contribution in [0.2, 0.25) is 0 Å². The average Bonchev–Trinajstić information content (AvgIpc) is 2.27. The number of ether oxygens (including phenoxy) is 1. The van der Waals surface area contributed by atoms with Crippen LogP contribution in [0.15, 0.2) is 18.2 Å². The Bertz CT molecular complexity index is 551. The lowest BCUT2D eigenvalue weighted by Crippen LogP contribution is -2.27. The summed E-state index contributed by atoms with van der Waals surface area (Å²) in [6, 6.07) is 4.11. The molecule has 0 saturated heterocycles. The van der Waals surface area contributed by atoms with Crippen LogP contribution in [0.4, 0.5) is 4.39 Å². The summed E-state index contributed by atoms with van der Waals surface area (Å²) in [6.45, 7) is 1.33. The fourth-order valence-electron chi connectivity index (χ4n) is 1.40. The lowest BCUT2D eigenvalue weighted by molar-refractivity contribution is -0.117. The highest BCUT2D eigenvalue weighted by molar-refractivity contribution is 7.92. The molecular formula is C12H15FO4S. The Balaban J connectivity index is 2.86. The van der Waals surface area contributed by atoms with Gasteiger partial charge in [0, 0.05) is 12.7 Å². The molecule has 4 nitrogen and oxygen atoms in total. The van der Waals surface area contributed by atoms with Crippen molar-refractivity contribution in [1.82, 2.24) is 0 Å². The van der Waals surface area contributed by atoms with Crippen molar-refractivity contribution in [2.75, 3.05) is 13.4 Å². The normalized spacial score (nSPS) is 13.1. The second-order valence-corrected chi connectivity index (χ2v) is 6.45. The van der Waals surface area contributed by atoms with Gasteiger partial charge in [-0.15, -0.1) is 0 Å². The van der Waals surface area contributed by atoms with E-state index in [-0.39, 0.29) is 12.2 Å². The van der Waals surface area contributed by atoms with Gasteiger partial charge in [0.2, 0.25) is 0 Å². The van der Waals surface area contributed by atoms with Gasteiger partial charge in [-0.2, -0.15) is 0 Å². The molecule has 0 aliphatic heterocycles. The highest BCUT2D eigenvalue weighted by atomic mass is 32.2. The van der Waals surface area contributed by atoms with Crippen LogP contribution in [0, 0.1) is 5.82 Å². The van der Waals surface area contributed by atoms with Gasteiger partial charge in [-0.05, 0) is 24.6 Å². The number of benzene rings is 1. The smallest absolute Gasteiger partial charge is 0.165 e. The zero-order valence-electron chi connectivity index (χ0n) is 10.4. The molecule has 0 bridgehead atoms. The van der Waals surface area contributed by atoms with Crippen LogP contribution in [-0.2, 0) is 21.1 Å². The Morgan fingerprint density at radius 3 is 2.50 bits per heavy atom. The second kappa shape index (κ2) is 5.48. The molecule has 1 rings (SSSR count). The molecule has 0 amide bonds. The predicted molar refractivity (Wildman–Crippen MR) is 66.0 cm³/mol. The second-order valence-electron chi connectivity index (χ2n) is 4.08. The van der Waals surface area contributed by atoms with E-state index in [1.807, 2.05) is 0 Å². The van der Waals surface area contributed by atoms with Crippen LogP contribution < -0.4 is 4.74 Å². The van der Waals surface area contributed by atoms with Gasteiger partial charge in [0.15, 0.2) is 27.2 Å². The van der Waals surface area contributed by atoms with E-state index < -0.39 is 26.7 Å².